The van der Waals surface area contributed by atoms with Crippen LogP contribution in [0.3, 0.4) is 0 Å². The number of rotatable bonds is 54. The Hall–Kier alpha value is -5.23. The Kier molecular flexibility index (Phi) is 60.0. The smallest absolute Gasteiger partial charge is 0.306 e. The van der Waals surface area contributed by atoms with Crippen LogP contribution in [0.15, 0.2) is 170 Å². The van der Waals surface area contributed by atoms with Gasteiger partial charge in [-0.1, -0.05) is 262 Å². The quantitative estimate of drug-likeness (QED) is 0.0261. The van der Waals surface area contributed by atoms with Gasteiger partial charge in [-0.2, -0.15) is 0 Å². The minimum Gasteiger partial charge on any atom is -0.462 e. The summed E-state index contributed by atoms with van der Waals surface area (Å²) in [6, 6.07) is 0. The van der Waals surface area contributed by atoms with Gasteiger partial charge in [0, 0.05) is 19.3 Å². The van der Waals surface area contributed by atoms with E-state index in [9.17, 15) is 14.4 Å². The Morgan fingerprint density at radius 3 is 0.859 bits per heavy atom. The van der Waals surface area contributed by atoms with Gasteiger partial charge in [0.2, 0.25) is 0 Å². The molecule has 0 heterocycles. The fourth-order valence-electron chi connectivity index (χ4n) is 7.84. The van der Waals surface area contributed by atoms with Crippen molar-refractivity contribution in [1.82, 2.24) is 0 Å². The molecule has 6 nitrogen and oxygen atoms in total. The summed E-state index contributed by atoms with van der Waals surface area (Å²) >= 11 is 0. The van der Waals surface area contributed by atoms with Crippen molar-refractivity contribution < 1.29 is 28.6 Å². The molecule has 0 aliphatic carbocycles. The molecule has 0 aromatic heterocycles. The Morgan fingerprint density at radius 1 is 0.269 bits per heavy atom. The Labute approximate surface area is 479 Å². The second-order valence-corrected chi connectivity index (χ2v) is 19.8. The molecule has 0 bridgehead atoms. The molecule has 78 heavy (non-hydrogen) atoms. The Morgan fingerprint density at radius 2 is 0.526 bits per heavy atom. The average molecular weight is 1070 g/mol. The normalized spacial score (nSPS) is 13.3. The van der Waals surface area contributed by atoms with Crippen molar-refractivity contribution in [3.8, 4) is 0 Å². The number of allylic oxidation sites excluding steroid dienone is 28. The third-order valence-corrected chi connectivity index (χ3v) is 12.4. The summed E-state index contributed by atoms with van der Waals surface area (Å²) < 4.78 is 16.8. The highest BCUT2D eigenvalue weighted by Crippen LogP contribution is 2.14. The standard InChI is InChI=1S/C72H112O6/c1-4-7-10-13-16-19-22-25-27-28-29-30-31-32-33-34-35-36-37-38-39-40-41-42-43-44-45-48-50-53-56-59-62-65-71(74)77-68-69(67-76-70(73)64-61-58-55-52-49-46-24-21-18-15-12-9-6-3)78-72(75)66-63-60-57-54-51-47-26-23-20-17-14-11-8-5-2/h7,9-10,12,14,16-19,21,23,25-27,29-30,32-33,35-36,38-39,41-42,46,49,55,58,69H,4-6,8,11,13,15,20,22,24,28,31,34,37,40,43-45,47-48,50-54,56-57,59-68H2,1-3H3/b10-7-,12-9-,17-14-,19-16-,21-18-,26-23-,27-25-,30-29-,33-32-,36-35-,39-38-,42-41-,49-46-,58-55-. The van der Waals surface area contributed by atoms with Crippen LogP contribution in [0.25, 0.3) is 0 Å². The van der Waals surface area contributed by atoms with E-state index in [0.717, 1.165) is 148 Å². The lowest BCUT2D eigenvalue weighted by Gasteiger charge is -2.18. The lowest BCUT2D eigenvalue weighted by molar-refractivity contribution is -0.166. The molecule has 0 aromatic rings. The minimum atomic E-state index is -0.826. The molecular formula is C72H112O6. The molecule has 6 heteroatoms. The van der Waals surface area contributed by atoms with Gasteiger partial charge in [-0.15, -0.1) is 0 Å². The van der Waals surface area contributed by atoms with Gasteiger partial charge < -0.3 is 14.2 Å². The van der Waals surface area contributed by atoms with E-state index in [0.29, 0.717) is 12.8 Å². The molecule has 0 spiro atoms. The maximum atomic E-state index is 12.8. The SMILES string of the molecule is CC/C=C\C/C=C\C/C=C\C/C=C\C/C=C\C/C=C\C/C=C\C/C=C\CCCCCCCCCCC(=O)OCC(COC(=O)CC/C=C\C/C=C\C/C=C\C/C=C\CC)OC(=O)CCCCCCC/C=C\C/C=C\CCCC. The van der Waals surface area contributed by atoms with Gasteiger partial charge in [0.15, 0.2) is 6.10 Å². The lowest BCUT2D eigenvalue weighted by atomic mass is 10.1. The van der Waals surface area contributed by atoms with Gasteiger partial charge in [-0.25, -0.2) is 0 Å². The highest BCUT2D eigenvalue weighted by atomic mass is 16.6. The second kappa shape index (κ2) is 64.3. The van der Waals surface area contributed by atoms with Crippen LogP contribution in [0.4, 0.5) is 0 Å². The Bertz CT molecular complexity index is 1810. The number of ether oxygens (including phenoxy) is 3. The number of hydrogen-bond donors (Lipinski definition) is 0. The summed E-state index contributed by atoms with van der Waals surface area (Å²) in [5, 5.41) is 0. The zero-order chi connectivity index (χ0) is 56.4. The topological polar surface area (TPSA) is 78.9 Å². The number of hydrogen-bond acceptors (Lipinski definition) is 6. The molecule has 0 saturated carbocycles. The van der Waals surface area contributed by atoms with E-state index >= 15 is 0 Å². The van der Waals surface area contributed by atoms with Crippen LogP contribution < -0.4 is 0 Å². The second-order valence-electron chi connectivity index (χ2n) is 19.8. The third kappa shape index (κ3) is 61.6. The van der Waals surface area contributed by atoms with Crippen LogP contribution in [-0.2, 0) is 28.6 Å². The van der Waals surface area contributed by atoms with Crippen molar-refractivity contribution in [2.75, 3.05) is 13.2 Å². The summed E-state index contributed by atoms with van der Waals surface area (Å²) in [4.78, 5) is 38.1. The number of carbonyl (C=O) groups is 3. The predicted octanol–water partition coefficient (Wildman–Crippen LogP) is 21.5. The number of esters is 3. The van der Waals surface area contributed by atoms with Crippen LogP contribution in [-0.4, -0.2) is 37.2 Å². The zero-order valence-corrected chi connectivity index (χ0v) is 49.9. The molecule has 0 rings (SSSR count). The van der Waals surface area contributed by atoms with Gasteiger partial charge in [0.1, 0.15) is 13.2 Å². The molecule has 0 amide bonds. The fourth-order valence-corrected chi connectivity index (χ4v) is 7.84. The van der Waals surface area contributed by atoms with Crippen LogP contribution in [0.2, 0.25) is 0 Å². The maximum absolute atomic E-state index is 12.8. The average Bonchev–Trinajstić information content (AvgIpc) is 3.44. The first-order chi connectivity index (χ1) is 38.5. The van der Waals surface area contributed by atoms with E-state index in [-0.39, 0.29) is 44.0 Å². The first kappa shape index (κ1) is 72.8. The van der Waals surface area contributed by atoms with Crippen LogP contribution in [0.1, 0.15) is 245 Å². The molecule has 0 N–H and O–H groups in total. The van der Waals surface area contributed by atoms with Crippen LogP contribution >= 0.6 is 0 Å². The van der Waals surface area contributed by atoms with Crippen molar-refractivity contribution in [2.24, 2.45) is 0 Å². The van der Waals surface area contributed by atoms with E-state index < -0.39 is 6.10 Å². The maximum Gasteiger partial charge on any atom is 0.306 e. The molecule has 1 unspecified atom stereocenters. The predicted molar refractivity (Wildman–Crippen MR) is 338 cm³/mol. The molecule has 0 fully saturated rings. The summed E-state index contributed by atoms with van der Waals surface area (Å²) in [5.74, 6) is -1.03. The minimum absolute atomic E-state index is 0.117. The number of carbonyl (C=O) groups excluding carboxylic acids is 3. The molecule has 436 valence electrons. The van der Waals surface area contributed by atoms with Crippen molar-refractivity contribution in [2.45, 2.75) is 252 Å². The molecule has 0 aliphatic heterocycles. The van der Waals surface area contributed by atoms with Crippen LogP contribution in [0, 0.1) is 0 Å². The molecule has 1 atom stereocenters. The van der Waals surface area contributed by atoms with Crippen LogP contribution in [0.5, 0.6) is 0 Å². The summed E-state index contributed by atoms with van der Waals surface area (Å²) in [6.45, 7) is 6.27. The third-order valence-electron chi connectivity index (χ3n) is 12.4. The highest BCUT2D eigenvalue weighted by molar-refractivity contribution is 5.71. The molecular weight excluding hydrogens is 961 g/mol. The first-order valence-electron chi connectivity index (χ1n) is 31.1. The monoisotopic (exact) mass is 1070 g/mol. The molecule has 0 saturated heterocycles. The van der Waals surface area contributed by atoms with E-state index in [1.807, 2.05) is 12.2 Å². The molecule has 0 radical (unpaired) electrons. The van der Waals surface area contributed by atoms with E-state index in [2.05, 4.69) is 179 Å². The zero-order valence-electron chi connectivity index (χ0n) is 49.9. The number of unbranched alkanes of at least 4 members (excludes halogenated alkanes) is 15. The largest absolute Gasteiger partial charge is 0.462 e. The first-order valence-corrected chi connectivity index (χ1v) is 31.1. The fraction of sp³-hybridized carbons (Fsp3) is 0.569. The van der Waals surface area contributed by atoms with Gasteiger partial charge in [-0.05, 0) is 135 Å². The van der Waals surface area contributed by atoms with Crippen molar-refractivity contribution in [3.63, 3.8) is 0 Å². The van der Waals surface area contributed by atoms with E-state index in [1.54, 1.807) is 0 Å². The van der Waals surface area contributed by atoms with Gasteiger partial charge in [0.25, 0.3) is 0 Å². The van der Waals surface area contributed by atoms with Crippen molar-refractivity contribution in [3.05, 3.63) is 170 Å². The van der Waals surface area contributed by atoms with Gasteiger partial charge >= 0.3 is 17.9 Å². The summed E-state index contributed by atoms with van der Waals surface area (Å²) in [7, 11) is 0. The van der Waals surface area contributed by atoms with Crippen molar-refractivity contribution >= 4 is 17.9 Å². The van der Waals surface area contributed by atoms with Gasteiger partial charge in [0.05, 0.1) is 0 Å². The van der Waals surface area contributed by atoms with Crippen molar-refractivity contribution in [1.29, 1.82) is 0 Å². The highest BCUT2D eigenvalue weighted by Gasteiger charge is 2.19. The summed E-state index contributed by atoms with van der Waals surface area (Å²) in [5.41, 5.74) is 0. The summed E-state index contributed by atoms with van der Waals surface area (Å²) in [6.07, 6.45) is 95.2. The molecule has 0 aromatic carbocycles. The van der Waals surface area contributed by atoms with E-state index in [1.165, 1.54) is 51.4 Å². The van der Waals surface area contributed by atoms with E-state index in [4.69, 9.17) is 14.2 Å². The molecule has 0 aliphatic rings. The lowest BCUT2D eigenvalue weighted by Crippen LogP contribution is -2.30. The Balaban J connectivity index is 4.33. The van der Waals surface area contributed by atoms with Gasteiger partial charge in [-0.3, -0.25) is 14.4 Å².